The number of methoxy groups -OCH3 is 2. The molecule has 0 aliphatic carbocycles. The Morgan fingerprint density at radius 3 is 2.50 bits per heavy atom. The number of non-ortho nitro benzene ring substituents is 1. The van der Waals surface area contributed by atoms with E-state index in [4.69, 9.17) is 9.47 Å². The van der Waals surface area contributed by atoms with Crippen LogP contribution in [0.25, 0.3) is 0 Å². The predicted molar refractivity (Wildman–Crippen MR) is 95.8 cm³/mol. The topological polar surface area (TPSA) is 93.9 Å². The van der Waals surface area contributed by atoms with E-state index in [1.54, 1.807) is 25.2 Å². The standard InChI is InChI=1S/C18H19N3O5/c1-25-16-8-12-6-7-20(11-13(12)9-17(16)26-2)18(22)19-14-4-3-5-15(10-14)21(23)24/h3-5,8-10H,6-7,11H2,1-2H3,(H,19,22). The Bertz CT molecular complexity index is 853. The number of ether oxygens (including phenoxy) is 2. The molecule has 2 aromatic rings. The number of nitro groups is 1. The van der Waals surface area contributed by atoms with Crippen LogP contribution in [0.4, 0.5) is 16.2 Å². The lowest BCUT2D eigenvalue weighted by Gasteiger charge is -2.29. The molecule has 26 heavy (non-hydrogen) atoms. The number of anilines is 1. The van der Waals surface area contributed by atoms with Crippen LogP contribution in [0.2, 0.25) is 0 Å². The van der Waals surface area contributed by atoms with Crippen LogP contribution in [0.3, 0.4) is 0 Å². The van der Waals surface area contributed by atoms with Gasteiger partial charge in [0, 0.05) is 30.9 Å². The summed E-state index contributed by atoms with van der Waals surface area (Å²) in [6, 6.07) is 9.39. The van der Waals surface area contributed by atoms with Crippen molar-refractivity contribution >= 4 is 17.4 Å². The molecule has 2 aromatic carbocycles. The maximum absolute atomic E-state index is 12.5. The predicted octanol–water partition coefficient (Wildman–Crippen LogP) is 3.20. The first-order valence-corrected chi connectivity index (χ1v) is 8.06. The molecule has 0 spiro atoms. The Balaban J connectivity index is 1.75. The molecule has 0 aromatic heterocycles. The molecule has 1 aliphatic rings. The lowest BCUT2D eigenvalue weighted by atomic mass is 9.99. The number of amides is 2. The lowest BCUT2D eigenvalue weighted by molar-refractivity contribution is -0.384. The Kier molecular flexibility index (Phi) is 4.92. The minimum atomic E-state index is -0.494. The molecule has 1 heterocycles. The van der Waals surface area contributed by atoms with Crippen LogP contribution in [0.5, 0.6) is 11.5 Å². The first-order chi connectivity index (χ1) is 12.5. The van der Waals surface area contributed by atoms with Crippen LogP contribution in [0.1, 0.15) is 11.1 Å². The molecule has 8 nitrogen and oxygen atoms in total. The highest BCUT2D eigenvalue weighted by Gasteiger charge is 2.23. The molecular formula is C18H19N3O5. The Hall–Kier alpha value is -3.29. The summed E-state index contributed by atoms with van der Waals surface area (Å²) in [4.78, 5) is 24.5. The fourth-order valence-corrected chi connectivity index (χ4v) is 2.96. The fourth-order valence-electron chi connectivity index (χ4n) is 2.96. The highest BCUT2D eigenvalue weighted by atomic mass is 16.6. The maximum Gasteiger partial charge on any atom is 0.322 e. The number of hydrogen-bond donors (Lipinski definition) is 1. The van der Waals surface area contributed by atoms with Gasteiger partial charge >= 0.3 is 6.03 Å². The number of benzene rings is 2. The van der Waals surface area contributed by atoms with E-state index in [9.17, 15) is 14.9 Å². The summed E-state index contributed by atoms with van der Waals surface area (Å²) in [6.07, 6.45) is 0.693. The first kappa shape index (κ1) is 17.5. The third-order valence-electron chi connectivity index (χ3n) is 4.31. The summed E-state index contributed by atoms with van der Waals surface area (Å²) in [6.45, 7) is 0.972. The van der Waals surface area contributed by atoms with Crippen LogP contribution in [0, 0.1) is 10.1 Å². The van der Waals surface area contributed by atoms with E-state index in [0.717, 1.165) is 11.1 Å². The second kappa shape index (κ2) is 7.30. The van der Waals surface area contributed by atoms with Gasteiger partial charge in [0.25, 0.3) is 5.69 Å². The minimum Gasteiger partial charge on any atom is -0.493 e. The van der Waals surface area contributed by atoms with E-state index in [0.29, 0.717) is 36.7 Å². The van der Waals surface area contributed by atoms with E-state index in [2.05, 4.69) is 5.32 Å². The average Bonchev–Trinajstić information content (AvgIpc) is 2.66. The lowest BCUT2D eigenvalue weighted by Crippen LogP contribution is -2.38. The van der Waals surface area contributed by atoms with Gasteiger partial charge in [-0.1, -0.05) is 6.07 Å². The highest BCUT2D eigenvalue weighted by Crippen LogP contribution is 2.33. The van der Waals surface area contributed by atoms with Crippen molar-refractivity contribution in [2.45, 2.75) is 13.0 Å². The molecule has 8 heteroatoms. The normalized spacial score (nSPS) is 12.9. The number of nitrogens with one attached hydrogen (secondary N) is 1. The van der Waals surface area contributed by atoms with Crippen molar-refractivity contribution in [1.82, 2.24) is 4.90 Å². The van der Waals surface area contributed by atoms with Gasteiger partial charge in [0.15, 0.2) is 11.5 Å². The van der Waals surface area contributed by atoms with Gasteiger partial charge in [-0.2, -0.15) is 0 Å². The van der Waals surface area contributed by atoms with Crippen LogP contribution in [-0.4, -0.2) is 36.6 Å². The molecule has 0 radical (unpaired) electrons. The van der Waals surface area contributed by atoms with Crippen molar-refractivity contribution in [3.05, 3.63) is 57.6 Å². The minimum absolute atomic E-state index is 0.0661. The number of urea groups is 1. The molecule has 3 rings (SSSR count). The van der Waals surface area contributed by atoms with Crippen LogP contribution in [0.15, 0.2) is 36.4 Å². The zero-order valence-electron chi connectivity index (χ0n) is 14.5. The summed E-state index contributed by atoms with van der Waals surface area (Å²) in [5, 5.41) is 13.6. The van der Waals surface area contributed by atoms with Crippen molar-refractivity contribution in [2.24, 2.45) is 0 Å². The highest BCUT2D eigenvalue weighted by molar-refractivity contribution is 5.89. The summed E-state index contributed by atoms with van der Waals surface area (Å²) in [7, 11) is 3.16. The molecule has 0 unspecified atom stereocenters. The number of nitro benzene ring substituents is 1. The largest absolute Gasteiger partial charge is 0.493 e. The number of fused-ring (bicyclic) bond motifs is 1. The SMILES string of the molecule is COc1cc2c(cc1OC)CN(C(=O)Nc1cccc([N+](=O)[O-])c1)CC2. The van der Waals surface area contributed by atoms with Gasteiger partial charge in [-0.15, -0.1) is 0 Å². The second-order valence-corrected chi connectivity index (χ2v) is 5.89. The molecular weight excluding hydrogens is 338 g/mol. The van der Waals surface area contributed by atoms with Crippen LogP contribution >= 0.6 is 0 Å². The third-order valence-corrected chi connectivity index (χ3v) is 4.31. The maximum atomic E-state index is 12.5. The van der Waals surface area contributed by atoms with Gasteiger partial charge in [-0.05, 0) is 35.7 Å². The second-order valence-electron chi connectivity index (χ2n) is 5.89. The van der Waals surface area contributed by atoms with Crippen molar-refractivity contribution in [3.63, 3.8) is 0 Å². The van der Waals surface area contributed by atoms with E-state index in [1.165, 1.54) is 18.2 Å². The van der Waals surface area contributed by atoms with Gasteiger partial charge in [0.2, 0.25) is 0 Å². The van der Waals surface area contributed by atoms with E-state index < -0.39 is 4.92 Å². The smallest absolute Gasteiger partial charge is 0.322 e. The Morgan fingerprint density at radius 2 is 1.85 bits per heavy atom. The molecule has 0 atom stereocenters. The number of rotatable bonds is 4. The summed E-state index contributed by atoms with van der Waals surface area (Å²) in [5.41, 5.74) is 2.43. The monoisotopic (exact) mass is 357 g/mol. The Morgan fingerprint density at radius 1 is 1.15 bits per heavy atom. The molecule has 0 fully saturated rings. The summed E-state index contributed by atoms with van der Waals surface area (Å²) >= 11 is 0. The van der Waals surface area contributed by atoms with Gasteiger partial charge in [0.1, 0.15) is 0 Å². The van der Waals surface area contributed by atoms with Crippen LogP contribution in [-0.2, 0) is 13.0 Å². The third kappa shape index (κ3) is 3.53. The molecule has 0 bridgehead atoms. The first-order valence-electron chi connectivity index (χ1n) is 8.06. The van der Waals surface area contributed by atoms with Crippen molar-refractivity contribution < 1.29 is 19.2 Å². The Labute approximate surface area is 150 Å². The van der Waals surface area contributed by atoms with Crippen molar-refractivity contribution in [1.29, 1.82) is 0 Å². The summed E-state index contributed by atoms with van der Waals surface area (Å²) in [5.74, 6) is 1.29. The number of hydrogen-bond acceptors (Lipinski definition) is 5. The fraction of sp³-hybridized carbons (Fsp3) is 0.278. The molecule has 2 amide bonds. The van der Waals surface area contributed by atoms with Gasteiger partial charge in [-0.3, -0.25) is 10.1 Å². The van der Waals surface area contributed by atoms with E-state index in [1.807, 2.05) is 12.1 Å². The van der Waals surface area contributed by atoms with E-state index >= 15 is 0 Å². The number of carbonyl (C=O) groups excluding carboxylic acids is 1. The number of carbonyl (C=O) groups is 1. The van der Waals surface area contributed by atoms with Gasteiger partial charge < -0.3 is 19.7 Å². The van der Waals surface area contributed by atoms with Crippen LogP contribution < -0.4 is 14.8 Å². The molecule has 1 aliphatic heterocycles. The van der Waals surface area contributed by atoms with Gasteiger partial charge in [0.05, 0.1) is 19.1 Å². The zero-order valence-corrected chi connectivity index (χ0v) is 14.5. The number of nitrogens with zero attached hydrogens (tertiary/aromatic N) is 2. The quantitative estimate of drug-likeness (QED) is 0.670. The molecule has 136 valence electrons. The van der Waals surface area contributed by atoms with Crippen molar-refractivity contribution in [2.75, 3.05) is 26.1 Å². The van der Waals surface area contributed by atoms with E-state index in [-0.39, 0.29) is 11.7 Å². The van der Waals surface area contributed by atoms with Gasteiger partial charge in [-0.25, -0.2) is 4.79 Å². The molecule has 0 saturated heterocycles. The molecule has 0 saturated carbocycles. The zero-order chi connectivity index (χ0) is 18.7. The molecule has 1 N–H and O–H groups in total. The summed E-state index contributed by atoms with van der Waals surface area (Å²) < 4.78 is 10.6. The average molecular weight is 357 g/mol. The van der Waals surface area contributed by atoms with Crippen molar-refractivity contribution in [3.8, 4) is 11.5 Å².